The van der Waals surface area contributed by atoms with Gasteiger partial charge in [0, 0.05) is 18.1 Å². The molecule has 0 radical (unpaired) electrons. The van der Waals surface area contributed by atoms with Crippen LogP contribution in [0, 0.1) is 0 Å². The van der Waals surface area contributed by atoms with Gasteiger partial charge in [-0.2, -0.15) is 0 Å². The highest BCUT2D eigenvalue weighted by Gasteiger charge is 2.07. The van der Waals surface area contributed by atoms with E-state index in [1.54, 1.807) is 0 Å². The van der Waals surface area contributed by atoms with E-state index < -0.39 is 0 Å². The first-order valence-corrected chi connectivity index (χ1v) is 10.2. The Labute approximate surface area is 160 Å². The van der Waals surface area contributed by atoms with Crippen LogP contribution in [0.2, 0.25) is 0 Å². The third-order valence-corrected chi connectivity index (χ3v) is 4.83. The monoisotopic (exact) mass is 352 g/mol. The molecule has 0 fully saturated rings. The Morgan fingerprint density at radius 3 is 2.12 bits per heavy atom. The minimum absolute atomic E-state index is 0.407. The molecular weight excluding hydrogens is 316 g/mol. The highest BCUT2D eigenvalue weighted by molar-refractivity contribution is 5.25. The predicted molar refractivity (Wildman–Crippen MR) is 114 cm³/mol. The van der Waals surface area contributed by atoms with Crippen LogP contribution in [0.1, 0.15) is 63.3 Å². The van der Waals surface area contributed by atoms with E-state index in [-0.39, 0.29) is 0 Å². The molecule has 26 heavy (non-hydrogen) atoms. The fourth-order valence-corrected chi connectivity index (χ4v) is 3.41. The van der Waals surface area contributed by atoms with Crippen molar-refractivity contribution >= 4 is 0 Å². The summed E-state index contributed by atoms with van der Waals surface area (Å²) in [5.41, 5.74) is 4.22. The summed E-state index contributed by atoms with van der Waals surface area (Å²) >= 11 is 0. The molecule has 2 aromatic rings. The summed E-state index contributed by atoms with van der Waals surface area (Å²) in [6.07, 6.45) is 4.75. The zero-order valence-corrected chi connectivity index (χ0v) is 17.0. The molecule has 2 atom stereocenters. The summed E-state index contributed by atoms with van der Waals surface area (Å²) in [4.78, 5) is 0. The van der Waals surface area contributed by atoms with Gasteiger partial charge in [0.25, 0.3) is 0 Å². The van der Waals surface area contributed by atoms with Crippen molar-refractivity contribution in [2.45, 2.75) is 71.5 Å². The van der Waals surface area contributed by atoms with E-state index in [2.05, 4.69) is 92.9 Å². The average Bonchev–Trinajstić information content (AvgIpc) is 2.62. The fourth-order valence-electron chi connectivity index (χ4n) is 3.41. The number of hydrogen-bond donors (Lipinski definition) is 2. The second kappa shape index (κ2) is 11.2. The smallest absolute Gasteiger partial charge is 0.0294 e. The van der Waals surface area contributed by atoms with Gasteiger partial charge in [-0.3, -0.25) is 0 Å². The van der Waals surface area contributed by atoms with Crippen molar-refractivity contribution in [1.29, 1.82) is 0 Å². The topological polar surface area (TPSA) is 24.1 Å². The number of nitrogens with one attached hydrogen (secondary N) is 2. The Morgan fingerprint density at radius 2 is 1.46 bits per heavy atom. The Morgan fingerprint density at radius 1 is 0.769 bits per heavy atom. The summed E-state index contributed by atoms with van der Waals surface area (Å²) in [6, 6.07) is 21.3. The second-order valence-corrected chi connectivity index (χ2v) is 7.79. The SMILES string of the molecule is CC(C)NC(C)c1ccc(CC(C)NCCCCc2ccccc2)cc1. The number of unbranched alkanes of at least 4 members (excludes halogenated alkanes) is 1. The first-order chi connectivity index (χ1) is 12.5. The first kappa shape index (κ1) is 20.7. The number of rotatable bonds is 11. The van der Waals surface area contributed by atoms with Crippen molar-refractivity contribution in [2.24, 2.45) is 0 Å². The third-order valence-electron chi connectivity index (χ3n) is 4.83. The normalized spacial score (nSPS) is 13.7. The molecule has 2 N–H and O–H groups in total. The van der Waals surface area contributed by atoms with Gasteiger partial charge in [0.1, 0.15) is 0 Å². The van der Waals surface area contributed by atoms with Crippen molar-refractivity contribution in [1.82, 2.24) is 10.6 Å². The van der Waals surface area contributed by atoms with Gasteiger partial charge in [-0.25, -0.2) is 0 Å². The van der Waals surface area contributed by atoms with Gasteiger partial charge in [-0.1, -0.05) is 68.4 Å². The minimum Gasteiger partial charge on any atom is -0.314 e. The molecule has 0 aliphatic heterocycles. The van der Waals surface area contributed by atoms with Crippen LogP contribution in [0.15, 0.2) is 54.6 Å². The van der Waals surface area contributed by atoms with E-state index in [0.29, 0.717) is 18.1 Å². The summed E-state index contributed by atoms with van der Waals surface area (Å²) < 4.78 is 0. The van der Waals surface area contributed by atoms with Gasteiger partial charge in [-0.15, -0.1) is 0 Å². The molecule has 2 heteroatoms. The van der Waals surface area contributed by atoms with Gasteiger partial charge in [0.15, 0.2) is 0 Å². The maximum Gasteiger partial charge on any atom is 0.0294 e. The molecule has 0 heterocycles. The van der Waals surface area contributed by atoms with Gasteiger partial charge in [-0.05, 0) is 62.8 Å². The van der Waals surface area contributed by atoms with Crippen LogP contribution in [0.4, 0.5) is 0 Å². The lowest BCUT2D eigenvalue weighted by atomic mass is 10.0. The van der Waals surface area contributed by atoms with Crippen molar-refractivity contribution in [3.05, 3.63) is 71.3 Å². The molecule has 2 unspecified atom stereocenters. The van der Waals surface area contributed by atoms with E-state index in [1.165, 1.54) is 36.0 Å². The molecule has 0 saturated heterocycles. The van der Waals surface area contributed by atoms with E-state index in [9.17, 15) is 0 Å². The van der Waals surface area contributed by atoms with Gasteiger partial charge >= 0.3 is 0 Å². The van der Waals surface area contributed by atoms with Crippen LogP contribution >= 0.6 is 0 Å². The molecular formula is C24H36N2. The zero-order chi connectivity index (χ0) is 18.8. The summed E-state index contributed by atoms with van der Waals surface area (Å²) in [7, 11) is 0. The largest absolute Gasteiger partial charge is 0.314 e. The maximum absolute atomic E-state index is 3.67. The number of hydrogen-bond acceptors (Lipinski definition) is 2. The zero-order valence-electron chi connectivity index (χ0n) is 17.0. The molecule has 2 aromatic carbocycles. The van der Waals surface area contributed by atoms with Crippen molar-refractivity contribution < 1.29 is 0 Å². The standard InChI is InChI=1S/C24H36N2/c1-19(2)26-21(4)24-15-13-23(14-16-24)18-20(3)25-17-9-8-12-22-10-6-5-7-11-22/h5-7,10-11,13-16,19-21,25-26H,8-9,12,17-18H2,1-4H3. The number of benzene rings is 2. The molecule has 0 amide bonds. The number of aryl methyl sites for hydroxylation is 1. The first-order valence-electron chi connectivity index (χ1n) is 10.2. The molecule has 0 bridgehead atoms. The lowest BCUT2D eigenvalue weighted by Gasteiger charge is -2.18. The van der Waals surface area contributed by atoms with Crippen molar-refractivity contribution in [2.75, 3.05) is 6.54 Å². The maximum atomic E-state index is 3.67. The molecule has 0 aliphatic carbocycles. The molecule has 0 saturated carbocycles. The average molecular weight is 353 g/mol. The Kier molecular flexibility index (Phi) is 8.87. The van der Waals surface area contributed by atoms with Gasteiger partial charge in [0.2, 0.25) is 0 Å². The molecule has 2 nitrogen and oxygen atoms in total. The van der Waals surface area contributed by atoms with Crippen LogP contribution in [0.3, 0.4) is 0 Å². The molecule has 2 rings (SSSR count). The fraction of sp³-hybridized carbons (Fsp3) is 0.500. The van der Waals surface area contributed by atoms with E-state index in [4.69, 9.17) is 0 Å². The summed E-state index contributed by atoms with van der Waals surface area (Å²) in [6.45, 7) is 10.0. The van der Waals surface area contributed by atoms with Crippen LogP contribution < -0.4 is 10.6 Å². The molecule has 0 aliphatic rings. The highest BCUT2D eigenvalue weighted by Crippen LogP contribution is 2.15. The summed E-state index contributed by atoms with van der Waals surface area (Å²) in [5.74, 6) is 0. The molecule has 0 spiro atoms. The minimum atomic E-state index is 0.407. The Bertz CT molecular complexity index is 604. The van der Waals surface area contributed by atoms with E-state index >= 15 is 0 Å². The highest BCUT2D eigenvalue weighted by atomic mass is 14.9. The van der Waals surface area contributed by atoms with Crippen molar-refractivity contribution in [3.63, 3.8) is 0 Å². The second-order valence-electron chi connectivity index (χ2n) is 7.79. The van der Waals surface area contributed by atoms with Crippen LogP contribution in [-0.4, -0.2) is 18.6 Å². The molecule has 142 valence electrons. The van der Waals surface area contributed by atoms with Gasteiger partial charge < -0.3 is 10.6 Å². The van der Waals surface area contributed by atoms with Crippen LogP contribution in [0.25, 0.3) is 0 Å². The predicted octanol–water partition coefficient (Wildman–Crippen LogP) is 5.29. The Balaban J connectivity index is 1.65. The third kappa shape index (κ3) is 7.72. The summed E-state index contributed by atoms with van der Waals surface area (Å²) in [5, 5.41) is 7.23. The quantitative estimate of drug-likeness (QED) is 0.537. The van der Waals surface area contributed by atoms with Gasteiger partial charge in [0.05, 0.1) is 0 Å². The Hall–Kier alpha value is -1.64. The van der Waals surface area contributed by atoms with Crippen LogP contribution in [0.5, 0.6) is 0 Å². The molecule has 0 aromatic heterocycles. The van der Waals surface area contributed by atoms with E-state index in [0.717, 1.165) is 13.0 Å². The van der Waals surface area contributed by atoms with Crippen LogP contribution in [-0.2, 0) is 12.8 Å². The van der Waals surface area contributed by atoms with Crippen molar-refractivity contribution in [3.8, 4) is 0 Å². The lowest BCUT2D eigenvalue weighted by molar-refractivity contribution is 0.505. The van der Waals surface area contributed by atoms with E-state index in [1.807, 2.05) is 0 Å². The lowest BCUT2D eigenvalue weighted by Crippen LogP contribution is -2.29.